The van der Waals surface area contributed by atoms with Crippen LogP contribution in [-0.4, -0.2) is 29.1 Å². The van der Waals surface area contributed by atoms with Gasteiger partial charge in [-0.3, -0.25) is 4.79 Å². The molecule has 1 atom stereocenters. The summed E-state index contributed by atoms with van der Waals surface area (Å²) >= 11 is 5.91. The van der Waals surface area contributed by atoms with Gasteiger partial charge >= 0.3 is 5.97 Å². The summed E-state index contributed by atoms with van der Waals surface area (Å²) in [4.78, 5) is 23.6. The first-order chi connectivity index (χ1) is 8.86. The monoisotopic (exact) mass is 286 g/mol. The highest BCUT2D eigenvalue weighted by Crippen LogP contribution is 2.18. The number of halogens is 1. The average molecular weight is 287 g/mol. The quantitative estimate of drug-likeness (QED) is 0.846. The molecule has 19 heavy (non-hydrogen) atoms. The number of aromatic nitrogens is 1. The molecule has 1 N–H and O–H groups in total. The molecule has 0 aliphatic rings. The highest BCUT2D eigenvalue weighted by Gasteiger charge is 2.20. The van der Waals surface area contributed by atoms with Gasteiger partial charge in [0.25, 0.3) is 5.91 Å². The molecular weight excluding hydrogens is 268 g/mol. The lowest BCUT2D eigenvalue weighted by atomic mass is 10.3. The third-order valence-corrected chi connectivity index (χ3v) is 2.80. The van der Waals surface area contributed by atoms with E-state index in [9.17, 15) is 9.59 Å². The van der Waals surface area contributed by atoms with Gasteiger partial charge in [-0.05, 0) is 33.8 Å². The van der Waals surface area contributed by atoms with Gasteiger partial charge in [0.2, 0.25) is 0 Å². The van der Waals surface area contributed by atoms with E-state index in [4.69, 9.17) is 16.3 Å². The topological polar surface area (TPSA) is 60.3 Å². The van der Waals surface area contributed by atoms with Crippen molar-refractivity contribution in [2.75, 3.05) is 6.61 Å². The second-order valence-electron chi connectivity index (χ2n) is 4.49. The fraction of sp³-hybridized carbons (Fsp3) is 0.538. The molecule has 1 unspecified atom stereocenters. The van der Waals surface area contributed by atoms with Crippen LogP contribution in [0.1, 0.15) is 44.2 Å². The third kappa shape index (κ3) is 3.99. The molecule has 1 aromatic heterocycles. The summed E-state index contributed by atoms with van der Waals surface area (Å²) < 4.78 is 6.60. The van der Waals surface area contributed by atoms with E-state index in [-0.39, 0.29) is 18.6 Å². The number of amides is 1. The second kappa shape index (κ2) is 6.61. The molecule has 1 heterocycles. The van der Waals surface area contributed by atoms with Crippen molar-refractivity contribution in [3.05, 3.63) is 23.0 Å². The predicted octanol–water partition coefficient (Wildman–Crippen LogP) is 2.40. The normalized spacial score (nSPS) is 12.3. The Bertz CT molecular complexity index is 468. The molecule has 1 amide bonds. The van der Waals surface area contributed by atoms with Crippen LogP contribution < -0.4 is 5.32 Å². The van der Waals surface area contributed by atoms with Gasteiger partial charge in [-0.25, -0.2) is 4.79 Å². The molecule has 0 fully saturated rings. The van der Waals surface area contributed by atoms with Crippen LogP contribution in [0.25, 0.3) is 0 Å². The number of carbonyl (C=O) groups is 2. The van der Waals surface area contributed by atoms with Gasteiger partial charge in [0.1, 0.15) is 11.7 Å². The Balaban J connectivity index is 2.81. The van der Waals surface area contributed by atoms with E-state index in [1.807, 2.05) is 13.8 Å². The molecular formula is C13H19ClN2O3. The van der Waals surface area contributed by atoms with Crippen LogP contribution in [0.5, 0.6) is 0 Å². The lowest BCUT2D eigenvalue weighted by Gasteiger charge is -2.15. The van der Waals surface area contributed by atoms with Crippen LogP contribution in [0.4, 0.5) is 0 Å². The molecule has 0 saturated heterocycles. The van der Waals surface area contributed by atoms with Gasteiger partial charge in [0, 0.05) is 12.2 Å². The van der Waals surface area contributed by atoms with E-state index in [2.05, 4.69) is 5.32 Å². The molecule has 106 valence electrons. The summed E-state index contributed by atoms with van der Waals surface area (Å²) in [5.41, 5.74) is 0.427. The molecule has 0 saturated carbocycles. The van der Waals surface area contributed by atoms with E-state index in [0.717, 1.165) is 0 Å². The summed E-state index contributed by atoms with van der Waals surface area (Å²) in [6.45, 7) is 7.48. The van der Waals surface area contributed by atoms with E-state index in [1.54, 1.807) is 30.7 Å². The lowest BCUT2D eigenvalue weighted by Crippen LogP contribution is -2.40. The zero-order valence-corrected chi connectivity index (χ0v) is 12.3. The summed E-state index contributed by atoms with van der Waals surface area (Å²) in [5, 5.41) is 3.08. The van der Waals surface area contributed by atoms with Crippen molar-refractivity contribution in [1.29, 1.82) is 0 Å². The molecule has 0 spiro atoms. The molecule has 0 aliphatic heterocycles. The molecule has 0 bridgehead atoms. The summed E-state index contributed by atoms with van der Waals surface area (Å²) in [7, 11) is 0. The summed E-state index contributed by atoms with van der Waals surface area (Å²) in [6.07, 6.45) is 1.69. The van der Waals surface area contributed by atoms with Gasteiger partial charge in [0.05, 0.1) is 11.6 Å². The van der Waals surface area contributed by atoms with Crippen LogP contribution in [0.2, 0.25) is 5.02 Å². The number of rotatable bonds is 5. The Kier molecular flexibility index (Phi) is 5.42. The molecule has 5 nitrogen and oxygen atoms in total. The number of nitrogens with zero attached hydrogens (tertiary/aromatic N) is 1. The smallest absolute Gasteiger partial charge is 0.328 e. The van der Waals surface area contributed by atoms with E-state index in [0.29, 0.717) is 10.7 Å². The Morgan fingerprint density at radius 3 is 2.58 bits per heavy atom. The van der Waals surface area contributed by atoms with Gasteiger partial charge in [-0.15, -0.1) is 0 Å². The SMILES string of the molecule is CCOC(=O)C(C)NC(=O)c1cc(Cl)cn1C(C)C. The second-order valence-corrected chi connectivity index (χ2v) is 4.93. The number of carbonyl (C=O) groups excluding carboxylic acids is 2. The lowest BCUT2D eigenvalue weighted by molar-refractivity contribution is -0.144. The Hall–Kier alpha value is -1.49. The fourth-order valence-corrected chi connectivity index (χ4v) is 1.86. The number of nitrogens with one attached hydrogen (secondary N) is 1. The highest BCUT2D eigenvalue weighted by atomic mass is 35.5. The van der Waals surface area contributed by atoms with Crippen molar-refractivity contribution in [2.45, 2.75) is 39.8 Å². The first kappa shape index (κ1) is 15.6. The van der Waals surface area contributed by atoms with Gasteiger partial charge in [-0.1, -0.05) is 11.6 Å². The summed E-state index contributed by atoms with van der Waals surface area (Å²) in [5.74, 6) is -0.800. The molecule has 0 radical (unpaired) electrons. The standard InChI is InChI=1S/C13H19ClN2O3/c1-5-19-13(18)9(4)15-12(17)11-6-10(14)7-16(11)8(2)3/h6-9H,5H2,1-4H3,(H,15,17). The van der Waals surface area contributed by atoms with Gasteiger partial charge in [0.15, 0.2) is 0 Å². The zero-order valence-electron chi connectivity index (χ0n) is 11.6. The van der Waals surface area contributed by atoms with Crippen molar-refractivity contribution in [3.8, 4) is 0 Å². The first-order valence-electron chi connectivity index (χ1n) is 6.21. The number of ether oxygens (including phenoxy) is 1. The maximum absolute atomic E-state index is 12.1. The van der Waals surface area contributed by atoms with Crippen molar-refractivity contribution >= 4 is 23.5 Å². The van der Waals surface area contributed by atoms with Crippen LogP contribution >= 0.6 is 11.6 Å². The third-order valence-electron chi connectivity index (χ3n) is 2.59. The Morgan fingerprint density at radius 1 is 1.42 bits per heavy atom. The van der Waals surface area contributed by atoms with Crippen LogP contribution in [0.15, 0.2) is 12.3 Å². The number of esters is 1. The molecule has 0 aliphatic carbocycles. The molecule has 1 rings (SSSR count). The van der Waals surface area contributed by atoms with Crippen LogP contribution in [-0.2, 0) is 9.53 Å². The Morgan fingerprint density at radius 2 is 2.05 bits per heavy atom. The average Bonchev–Trinajstić information content (AvgIpc) is 2.71. The van der Waals surface area contributed by atoms with Gasteiger partial charge < -0.3 is 14.6 Å². The van der Waals surface area contributed by atoms with E-state index in [1.165, 1.54) is 0 Å². The minimum Gasteiger partial charge on any atom is -0.464 e. The minimum atomic E-state index is -0.693. The molecule has 0 aromatic carbocycles. The summed E-state index contributed by atoms with van der Waals surface area (Å²) in [6, 6.07) is 0.988. The van der Waals surface area contributed by atoms with Crippen molar-refractivity contribution < 1.29 is 14.3 Å². The maximum atomic E-state index is 12.1. The van der Waals surface area contributed by atoms with Gasteiger partial charge in [-0.2, -0.15) is 0 Å². The fourth-order valence-electron chi connectivity index (χ4n) is 1.65. The van der Waals surface area contributed by atoms with Crippen LogP contribution in [0.3, 0.4) is 0 Å². The number of hydrogen-bond donors (Lipinski definition) is 1. The maximum Gasteiger partial charge on any atom is 0.328 e. The van der Waals surface area contributed by atoms with Crippen LogP contribution in [0, 0.1) is 0 Å². The molecule has 1 aromatic rings. The largest absolute Gasteiger partial charge is 0.464 e. The number of hydrogen-bond acceptors (Lipinski definition) is 3. The predicted molar refractivity (Wildman–Crippen MR) is 73.4 cm³/mol. The molecule has 6 heteroatoms. The minimum absolute atomic E-state index is 0.103. The van der Waals surface area contributed by atoms with E-state index >= 15 is 0 Å². The highest BCUT2D eigenvalue weighted by molar-refractivity contribution is 6.31. The van der Waals surface area contributed by atoms with Crippen molar-refractivity contribution in [1.82, 2.24) is 9.88 Å². The zero-order chi connectivity index (χ0) is 14.6. The van der Waals surface area contributed by atoms with Crippen molar-refractivity contribution in [3.63, 3.8) is 0 Å². The van der Waals surface area contributed by atoms with Crippen molar-refractivity contribution in [2.24, 2.45) is 0 Å². The first-order valence-corrected chi connectivity index (χ1v) is 6.59. The Labute approximate surface area is 117 Å². The van der Waals surface area contributed by atoms with E-state index < -0.39 is 12.0 Å².